The fraction of sp³-hybridized carbons (Fsp3) is 0.400. The monoisotopic (exact) mass is 308 g/mol. The molecule has 0 aliphatic heterocycles. The Kier molecular flexibility index (Phi) is 4.00. The number of benzene rings is 1. The number of aliphatic hydroxyl groups is 1. The van der Waals surface area contributed by atoms with Crippen LogP contribution < -0.4 is 4.74 Å². The molecular weight excluding hydrogens is 295 g/mol. The van der Waals surface area contributed by atoms with Crippen LogP contribution in [0.15, 0.2) is 12.1 Å². The van der Waals surface area contributed by atoms with Crippen LogP contribution in [0.1, 0.15) is 18.4 Å². The van der Waals surface area contributed by atoms with Crippen LogP contribution in [-0.2, 0) is 0 Å². The van der Waals surface area contributed by atoms with Gasteiger partial charge in [-0.05, 0) is 34.7 Å². The van der Waals surface area contributed by atoms with Crippen molar-refractivity contribution < 1.29 is 14.9 Å². The van der Waals surface area contributed by atoms with Crippen molar-refractivity contribution in [2.24, 2.45) is 0 Å². The molecule has 0 saturated heterocycles. The molecular formula is C10H13IO3. The molecule has 14 heavy (non-hydrogen) atoms. The molecule has 1 aromatic carbocycles. The zero-order valence-corrected chi connectivity index (χ0v) is 10.3. The zero-order valence-electron chi connectivity index (χ0n) is 8.12. The van der Waals surface area contributed by atoms with E-state index >= 15 is 0 Å². The van der Waals surface area contributed by atoms with Gasteiger partial charge in [-0.3, -0.25) is 0 Å². The maximum atomic E-state index is 9.42. The van der Waals surface area contributed by atoms with Gasteiger partial charge in [-0.25, -0.2) is 0 Å². The molecule has 1 atom stereocenters. The van der Waals surface area contributed by atoms with E-state index in [2.05, 4.69) is 22.6 Å². The summed E-state index contributed by atoms with van der Waals surface area (Å²) >= 11 is 2.09. The quantitative estimate of drug-likeness (QED) is 0.841. The van der Waals surface area contributed by atoms with Crippen LogP contribution in [0.3, 0.4) is 0 Å². The lowest BCUT2D eigenvalue weighted by molar-refractivity contribution is 0.269. The van der Waals surface area contributed by atoms with Crippen LogP contribution >= 0.6 is 22.6 Å². The third-order valence-electron chi connectivity index (χ3n) is 2.07. The van der Waals surface area contributed by atoms with Gasteiger partial charge in [0.1, 0.15) is 11.5 Å². The van der Waals surface area contributed by atoms with Crippen molar-refractivity contribution >= 4 is 22.6 Å². The second kappa shape index (κ2) is 4.84. The Labute approximate surface area is 96.9 Å². The van der Waals surface area contributed by atoms with Crippen LogP contribution in [0, 0.1) is 3.57 Å². The van der Waals surface area contributed by atoms with Gasteiger partial charge in [0.2, 0.25) is 0 Å². The van der Waals surface area contributed by atoms with Crippen molar-refractivity contribution in [1.29, 1.82) is 0 Å². The number of hydrogen-bond acceptors (Lipinski definition) is 3. The lowest BCUT2D eigenvalue weighted by Gasteiger charge is -2.15. The summed E-state index contributed by atoms with van der Waals surface area (Å²) < 4.78 is 6.07. The van der Waals surface area contributed by atoms with Crippen molar-refractivity contribution in [2.45, 2.75) is 12.8 Å². The molecule has 0 spiro atoms. The Morgan fingerprint density at radius 3 is 2.64 bits per heavy atom. The Balaban J connectivity index is 3.24. The van der Waals surface area contributed by atoms with Gasteiger partial charge < -0.3 is 14.9 Å². The summed E-state index contributed by atoms with van der Waals surface area (Å²) in [7, 11) is 1.59. The molecule has 0 aliphatic carbocycles. The highest BCUT2D eigenvalue weighted by atomic mass is 127. The van der Waals surface area contributed by atoms with Gasteiger partial charge in [0.25, 0.3) is 0 Å². The van der Waals surface area contributed by atoms with E-state index in [-0.39, 0.29) is 18.3 Å². The third kappa shape index (κ3) is 2.30. The summed E-state index contributed by atoms with van der Waals surface area (Å²) in [6.45, 7) is 1.92. The molecule has 4 heteroatoms. The summed E-state index contributed by atoms with van der Waals surface area (Å²) in [4.78, 5) is 0. The number of aliphatic hydroxyl groups excluding tert-OH is 1. The van der Waals surface area contributed by atoms with E-state index in [0.717, 1.165) is 14.9 Å². The first-order valence-corrected chi connectivity index (χ1v) is 5.35. The van der Waals surface area contributed by atoms with Gasteiger partial charge in [-0.1, -0.05) is 6.92 Å². The molecule has 3 nitrogen and oxygen atoms in total. The zero-order chi connectivity index (χ0) is 10.7. The number of phenols is 1. The highest BCUT2D eigenvalue weighted by molar-refractivity contribution is 14.1. The SMILES string of the molecule is COc1c(I)cc(O)cc1C(C)CO. The fourth-order valence-electron chi connectivity index (χ4n) is 1.28. The second-order valence-corrected chi connectivity index (χ2v) is 4.30. The first-order valence-electron chi connectivity index (χ1n) is 4.27. The van der Waals surface area contributed by atoms with E-state index in [9.17, 15) is 5.11 Å². The summed E-state index contributed by atoms with van der Waals surface area (Å²) in [6, 6.07) is 3.26. The van der Waals surface area contributed by atoms with Gasteiger partial charge in [0, 0.05) is 18.1 Å². The van der Waals surface area contributed by atoms with E-state index in [4.69, 9.17) is 9.84 Å². The lowest BCUT2D eigenvalue weighted by Crippen LogP contribution is -2.03. The molecule has 0 aromatic heterocycles. The molecule has 0 bridgehead atoms. The Bertz CT molecular complexity index is 325. The molecule has 0 aliphatic rings. The predicted molar refractivity (Wildman–Crippen MR) is 62.9 cm³/mol. The molecule has 1 aromatic rings. The van der Waals surface area contributed by atoms with E-state index in [1.807, 2.05) is 6.92 Å². The Hall–Kier alpha value is -0.490. The number of hydrogen-bond donors (Lipinski definition) is 2. The minimum Gasteiger partial charge on any atom is -0.508 e. The highest BCUT2D eigenvalue weighted by Gasteiger charge is 2.14. The number of methoxy groups -OCH3 is 1. The topological polar surface area (TPSA) is 49.7 Å². The van der Waals surface area contributed by atoms with Gasteiger partial charge in [-0.2, -0.15) is 0 Å². The molecule has 0 fully saturated rings. The van der Waals surface area contributed by atoms with Crippen molar-refractivity contribution in [1.82, 2.24) is 0 Å². The van der Waals surface area contributed by atoms with Crippen LogP contribution in [0.2, 0.25) is 0 Å². The first kappa shape index (κ1) is 11.6. The average molecular weight is 308 g/mol. The maximum absolute atomic E-state index is 9.42. The normalized spacial score (nSPS) is 12.6. The largest absolute Gasteiger partial charge is 0.508 e. The number of phenolic OH excluding ortho intramolecular Hbond substituents is 1. The maximum Gasteiger partial charge on any atom is 0.135 e. The smallest absolute Gasteiger partial charge is 0.135 e. The van der Waals surface area contributed by atoms with Crippen molar-refractivity contribution in [3.63, 3.8) is 0 Å². The molecule has 2 N–H and O–H groups in total. The molecule has 78 valence electrons. The van der Waals surface area contributed by atoms with Crippen LogP contribution in [0.5, 0.6) is 11.5 Å². The van der Waals surface area contributed by atoms with Crippen LogP contribution in [0.4, 0.5) is 0 Å². The standard InChI is InChI=1S/C10H13IO3/c1-6(5-12)8-3-7(13)4-9(11)10(8)14-2/h3-4,6,12-13H,5H2,1-2H3. The van der Waals surface area contributed by atoms with E-state index in [1.54, 1.807) is 19.2 Å². The van der Waals surface area contributed by atoms with Crippen molar-refractivity contribution in [2.75, 3.05) is 13.7 Å². The van der Waals surface area contributed by atoms with E-state index in [1.165, 1.54) is 0 Å². The highest BCUT2D eigenvalue weighted by Crippen LogP contribution is 2.34. The molecule has 0 amide bonds. The van der Waals surface area contributed by atoms with Crippen molar-refractivity contribution in [3.8, 4) is 11.5 Å². The van der Waals surface area contributed by atoms with E-state index in [0.29, 0.717) is 0 Å². The summed E-state index contributed by atoms with van der Waals surface area (Å²) in [5, 5.41) is 18.5. The van der Waals surface area contributed by atoms with Crippen LogP contribution in [-0.4, -0.2) is 23.9 Å². The molecule has 0 heterocycles. The second-order valence-electron chi connectivity index (χ2n) is 3.13. The molecule has 0 radical (unpaired) electrons. The Morgan fingerprint density at radius 2 is 2.14 bits per heavy atom. The van der Waals surface area contributed by atoms with Gasteiger partial charge >= 0.3 is 0 Å². The minimum atomic E-state index is -0.0365. The van der Waals surface area contributed by atoms with Crippen LogP contribution in [0.25, 0.3) is 0 Å². The van der Waals surface area contributed by atoms with Crippen molar-refractivity contribution in [3.05, 3.63) is 21.3 Å². The Morgan fingerprint density at radius 1 is 1.50 bits per heavy atom. The summed E-state index contributed by atoms with van der Waals surface area (Å²) in [6.07, 6.45) is 0. The average Bonchev–Trinajstić information content (AvgIpc) is 2.15. The van der Waals surface area contributed by atoms with E-state index < -0.39 is 0 Å². The fourth-order valence-corrected chi connectivity index (χ4v) is 2.13. The number of ether oxygens (including phenoxy) is 1. The number of halogens is 1. The molecule has 1 unspecified atom stereocenters. The van der Waals surface area contributed by atoms with Gasteiger partial charge in [0.05, 0.1) is 10.7 Å². The number of rotatable bonds is 3. The number of aromatic hydroxyl groups is 1. The summed E-state index contributed by atoms with van der Waals surface area (Å²) in [5.41, 5.74) is 0.833. The lowest BCUT2D eigenvalue weighted by atomic mass is 10.0. The predicted octanol–water partition coefficient (Wildman–Crippen LogP) is 2.10. The van der Waals surface area contributed by atoms with Gasteiger partial charge in [-0.15, -0.1) is 0 Å². The third-order valence-corrected chi connectivity index (χ3v) is 2.87. The minimum absolute atomic E-state index is 0.0365. The van der Waals surface area contributed by atoms with Gasteiger partial charge in [0.15, 0.2) is 0 Å². The summed E-state index contributed by atoms with van der Waals surface area (Å²) in [5.74, 6) is 0.890. The molecule has 0 saturated carbocycles. The molecule has 1 rings (SSSR count). The first-order chi connectivity index (χ1) is 6.60.